The second-order valence-corrected chi connectivity index (χ2v) is 5.63. The maximum Gasteiger partial charge on any atom is 0.414 e. The number of alkyl halides is 3. The molecule has 120 valence electrons. The SMILES string of the molecule is COC(=O)C1=CN(C(=O)OC(C)(C)C)CC[C@@H]1C(F)(F)F. The van der Waals surface area contributed by atoms with Gasteiger partial charge in [-0.1, -0.05) is 0 Å². The fourth-order valence-electron chi connectivity index (χ4n) is 1.86. The van der Waals surface area contributed by atoms with Crippen LogP contribution in [0.4, 0.5) is 18.0 Å². The number of halogens is 3. The van der Waals surface area contributed by atoms with Gasteiger partial charge in [0.15, 0.2) is 0 Å². The van der Waals surface area contributed by atoms with Crippen LogP contribution in [0.1, 0.15) is 27.2 Å². The van der Waals surface area contributed by atoms with E-state index in [4.69, 9.17) is 4.74 Å². The molecule has 8 heteroatoms. The first-order valence-corrected chi connectivity index (χ1v) is 6.32. The van der Waals surface area contributed by atoms with Gasteiger partial charge in [0, 0.05) is 12.7 Å². The van der Waals surface area contributed by atoms with E-state index < -0.39 is 41.8 Å². The fourth-order valence-corrected chi connectivity index (χ4v) is 1.86. The second kappa shape index (κ2) is 5.95. The van der Waals surface area contributed by atoms with Gasteiger partial charge in [0.2, 0.25) is 0 Å². The van der Waals surface area contributed by atoms with Gasteiger partial charge < -0.3 is 9.47 Å². The average Bonchev–Trinajstić information content (AvgIpc) is 2.34. The number of rotatable bonds is 1. The van der Waals surface area contributed by atoms with Crippen molar-refractivity contribution in [2.24, 2.45) is 5.92 Å². The van der Waals surface area contributed by atoms with E-state index in [9.17, 15) is 22.8 Å². The zero-order chi connectivity index (χ0) is 16.4. The molecule has 0 N–H and O–H groups in total. The van der Waals surface area contributed by atoms with Crippen LogP contribution in [0, 0.1) is 5.92 Å². The normalized spacial score (nSPS) is 19.9. The largest absolute Gasteiger partial charge is 0.466 e. The van der Waals surface area contributed by atoms with Crippen molar-refractivity contribution in [2.45, 2.75) is 39.0 Å². The lowest BCUT2D eigenvalue weighted by atomic mass is 9.92. The molecule has 1 aliphatic rings. The van der Waals surface area contributed by atoms with E-state index in [2.05, 4.69) is 4.74 Å². The van der Waals surface area contributed by atoms with Crippen LogP contribution in [0.2, 0.25) is 0 Å². The Balaban J connectivity index is 3.03. The molecule has 1 atom stereocenters. The van der Waals surface area contributed by atoms with Gasteiger partial charge in [0.1, 0.15) is 5.60 Å². The first-order valence-electron chi connectivity index (χ1n) is 6.32. The number of esters is 1. The highest BCUT2D eigenvalue weighted by molar-refractivity contribution is 5.90. The van der Waals surface area contributed by atoms with Crippen LogP contribution >= 0.6 is 0 Å². The summed E-state index contributed by atoms with van der Waals surface area (Å²) >= 11 is 0. The average molecular weight is 309 g/mol. The van der Waals surface area contributed by atoms with Gasteiger partial charge in [-0.25, -0.2) is 9.59 Å². The maximum atomic E-state index is 12.9. The third-order valence-corrected chi connectivity index (χ3v) is 2.77. The van der Waals surface area contributed by atoms with Gasteiger partial charge >= 0.3 is 18.2 Å². The summed E-state index contributed by atoms with van der Waals surface area (Å²) in [4.78, 5) is 24.3. The van der Waals surface area contributed by atoms with Crippen LogP contribution in [-0.4, -0.2) is 42.4 Å². The first kappa shape index (κ1) is 17.3. The van der Waals surface area contributed by atoms with Crippen molar-refractivity contribution in [3.05, 3.63) is 11.8 Å². The Morgan fingerprint density at radius 1 is 1.29 bits per heavy atom. The number of nitrogens with zero attached hydrogens (tertiary/aromatic N) is 1. The van der Waals surface area contributed by atoms with Crippen LogP contribution in [0.5, 0.6) is 0 Å². The summed E-state index contributed by atoms with van der Waals surface area (Å²) in [6.45, 7) is 4.73. The summed E-state index contributed by atoms with van der Waals surface area (Å²) in [5, 5.41) is 0. The minimum Gasteiger partial charge on any atom is -0.466 e. The second-order valence-electron chi connectivity index (χ2n) is 5.63. The monoisotopic (exact) mass is 309 g/mol. The number of amides is 1. The molecule has 0 saturated heterocycles. The quantitative estimate of drug-likeness (QED) is 0.699. The van der Waals surface area contributed by atoms with E-state index in [-0.39, 0.29) is 6.54 Å². The molecular weight excluding hydrogens is 291 g/mol. The number of carbonyl (C=O) groups excluding carboxylic acids is 2. The van der Waals surface area contributed by atoms with Crippen LogP contribution in [0.3, 0.4) is 0 Å². The van der Waals surface area contributed by atoms with Crippen molar-refractivity contribution < 1.29 is 32.2 Å². The number of hydrogen-bond acceptors (Lipinski definition) is 4. The van der Waals surface area contributed by atoms with Crippen molar-refractivity contribution in [2.75, 3.05) is 13.7 Å². The lowest BCUT2D eigenvalue weighted by Gasteiger charge is -2.32. The highest BCUT2D eigenvalue weighted by Gasteiger charge is 2.47. The van der Waals surface area contributed by atoms with Crippen LogP contribution in [0.25, 0.3) is 0 Å². The van der Waals surface area contributed by atoms with Gasteiger partial charge in [-0.3, -0.25) is 4.90 Å². The predicted molar refractivity (Wildman–Crippen MR) is 67.2 cm³/mol. The first-order chi connectivity index (χ1) is 9.45. The molecule has 1 rings (SSSR count). The predicted octanol–water partition coefficient (Wildman–Crippen LogP) is 2.86. The van der Waals surface area contributed by atoms with Gasteiger partial charge in [-0.05, 0) is 27.2 Å². The molecule has 0 bridgehead atoms. The summed E-state index contributed by atoms with van der Waals surface area (Å²) in [6.07, 6.45) is -4.92. The van der Waals surface area contributed by atoms with Crippen LogP contribution in [-0.2, 0) is 14.3 Å². The third kappa shape index (κ3) is 4.64. The Labute approximate surface area is 120 Å². The van der Waals surface area contributed by atoms with E-state index in [1.54, 1.807) is 20.8 Å². The zero-order valence-electron chi connectivity index (χ0n) is 12.3. The van der Waals surface area contributed by atoms with Gasteiger partial charge in [-0.2, -0.15) is 13.2 Å². The Kier molecular flexibility index (Phi) is 4.91. The molecule has 5 nitrogen and oxygen atoms in total. The molecule has 1 heterocycles. The zero-order valence-corrected chi connectivity index (χ0v) is 12.3. The molecule has 0 aromatic heterocycles. The highest BCUT2D eigenvalue weighted by Crippen LogP contribution is 2.37. The molecule has 0 aliphatic carbocycles. The van der Waals surface area contributed by atoms with Crippen LogP contribution < -0.4 is 0 Å². The molecule has 0 saturated carbocycles. The summed E-state index contributed by atoms with van der Waals surface area (Å²) in [7, 11) is 0.989. The van der Waals surface area contributed by atoms with E-state index in [0.29, 0.717) is 0 Å². The minimum atomic E-state index is -4.57. The molecule has 0 spiro atoms. The number of hydrogen-bond donors (Lipinski definition) is 0. The molecule has 1 aliphatic heterocycles. The van der Waals surface area contributed by atoms with Crippen molar-refractivity contribution in [1.82, 2.24) is 4.90 Å². The molecule has 21 heavy (non-hydrogen) atoms. The summed E-state index contributed by atoms with van der Waals surface area (Å²) in [6, 6.07) is 0. The Hall–Kier alpha value is -1.73. The molecular formula is C13H18F3NO4. The van der Waals surface area contributed by atoms with Gasteiger partial charge in [0.25, 0.3) is 0 Å². The smallest absolute Gasteiger partial charge is 0.414 e. The van der Waals surface area contributed by atoms with Crippen molar-refractivity contribution in [3.8, 4) is 0 Å². The lowest BCUT2D eigenvalue weighted by molar-refractivity contribution is -0.174. The number of carbonyl (C=O) groups is 2. The standard InChI is InChI=1S/C13H18F3NO4/c1-12(2,3)21-11(19)17-6-5-9(13(14,15)16)8(7-17)10(18)20-4/h7,9H,5-6H2,1-4H3/t9-/m0/s1. The summed E-state index contributed by atoms with van der Waals surface area (Å²) < 4.78 is 48.1. The van der Waals surface area contributed by atoms with Crippen LogP contribution in [0.15, 0.2) is 11.8 Å². The summed E-state index contributed by atoms with van der Waals surface area (Å²) in [5.41, 5.74) is -1.38. The molecule has 0 aromatic carbocycles. The van der Waals surface area contributed by atoms with Crippen molar-refractivity contribution in [3.63, 3.8) is 0 Å². The molecule has 0 radical (unpaired) electrons. The highest BCUT2D eigenvalue weighted by atomic mass is 19.4. The Bertz CT molecular complexity index is 451. The lowest BCUT2D eigenvalue weighted by Crippen LogP contribution is -2.41. The van der Waals surface area contributed by atoms with E-state index in [1.807, 2.05) is 0 Å². The molecule has 1 amide bonds. The van der Waals surface area contributed by atoms with Crippen molar-refractivity contribution in [1.29, 1.82) is 0 Å². The number of methoxy groups -OCH3 is 1. The van der Waals surface area contributed by atoms with Gasteiger partial charge in [0.05, 0.1) is 18.6 Å². The Morgan fingerprint density at radius 2 is 1.86 bits per heavy atom. The molecule has 0 aromatic rings. The van der Waals surface area contributed by atoms with Crippen molar-refractivity contribution >= 4 is 12.1 Å². The Morgan fingerprint density at radius 3 is 2.29 bits per heavy atom. The van der Waals surface area contributed by atoms with E-state index in [1.165, 1.54) is 0 Å². The summed E-state index contributed by atoms with van der Waals surface area (Å²) in [5.74, 6) is -3.05. The number of ether oxygens (including phenoxy) is 2. The topological polar surface area (TPSA) is 55.8 Å². The van der Waals surface area contributed by atoms with Gasteiger partial charge in [-0.15, -0.1) is 0 Å². The molecule has 0 fully saturated rings. The minimum absolute atomic E-state index is 0.181. The third-order valence-electron chi connectivity index (χ3n) is 2.77. The maximum absolute atomic E-state index is 12.9. The van der Waals surface area contributed by atoms with E-state index in [0.717, 1.165) is 18.2 Å². The molecule has 0 unspecified atom stereocenters. The fraction of sp³-hybridized carbons (Fsp3) is 0.692. The van der Waals surface area contributed by atoms with E-state index >= 15 is 0 Å².